The monoisotopic (exact) mass is 202 g/mol. The highest BCUT2D eigenvalue weighted by molar-refractivity contribution is 4.90. The smallest absolute Gasteiger partial charge is 0.253 e. The zero-order chi connectivity index (χ0) is 9.14. The molecule has 0 radical (unpaired) electrons. The second-order valence-electron chi connectivity index (χ2n) is 3.42. The molecule has 3 heteroatoms. The van der Waals surface area contributed by atoms with Crippen LogP contribution in [0.25, 0.3) is 0 Å². The Morgan fingerprint density at radius 2 is 2.00 bits per heavy atom. The minimum Gasteiger partial charge on any atom is -1.00 e. The quantitative estimate of drug-likeness (QED) is 0.541. The van der Waals surface area contributed by atoms with Crippen molar-refractivity contribution in [2.24, 2.45) is 7.05 Å². The molecule has 1 aromatic rings. The van der Waals surface area contributed by atoms with E-state index in [1.54, 1.807) is 0 Å². The largest absolute Gasteiger partial charge is 1.00 e. The van der Waals surface area contributed by atoms with E-state index in [1.807, 2.05) is 0 Å². The van der Waals surface area contributed by atoms with Crippen molar-refractivity contribution in [1.82, 2.24) is 4.57 Å². The molecule has 0 fully saturated rings. The Morgan fingerprint density at radius 3 is 2.38 bits per heavy atom. The Bertz CT molecular complexity index is 266. The average molecular weight is 203 g/mol. The maximum atomic E-state index is 2.33. The van der Waals surface area contributed by atoms with Crippen molar-refractivity contribution < 1.29 is 17.0 Å². The zero-order valence-corrected chi connectivity index (χ0v) is 9.73. The number of rotatable bonds is 3. The normalized spacial score (nSPS) is 9.85. The summed E-state index contributed by atoms with van der Waals surface area (Å²) in [5.41, 5.74) is 1.34. The predicted octanol–water partition coefficient (Wildman–Crippen LogP) is -1.27. The van der Waals surface area contributed by atoms with E-state index < -0.39 is 0 Å². The number of halogens is 1. The van der Waals surface area contributed by atoms with Crippen LogP contribution in [0.1, 0.15) is 31.3 Å². The second kappa shape index (κ2) is 5.28. The lowest BCUT2D eigenvalue weighted by Crippen LogP contribution is -3.00. The molecule has 0 aliphatic rings. The summed E-state index contributed by atoms with van der Waals surface area (Å²) in [4.78, 5) is 0. The van der Waals surface area contributed by atoms with E-state index in [0.29, 0.717) is 0 Å². The number of aromatic nitrogens is 2. The van der Waals surface area contributed by atoms with Crippen molar-refractivity contribution in [1.29, 1.82) is 0 Å². The minimum atomic E-state index is 0. The highest BCUT2D eigenvalue weighted by atomic mass is 35.5. The summed E-state index contributed by atoms with van der Waals surface area (Å²) in [5, 5.41) is 0. The third-order valence-electron chi connectivity index (χ3n) is 2.53. The predicted molar refractivity (Wildman–Crippen MR) is 50.0 cm³/mol. The van der Waals surface area contributed by atoms with Crippen LogP contribution in [0.2, 0.25) is 0 Å². The topological polar surface area (TPSA) is 8.81 Å². The molecule has 0 aromatic carbocycles. The molecule has 0 spiro atoms. The molecule has 13 heavy (non-hydrogen) atoms. The zero-order valence-electron chi connectivity index (χ0n) is 8.97. The first kappa shape index (κ1) is 12.5. The van der Waals surface area contributed by atoms with Gasteiger partial charge in [0, 0.05) is 13.8 Å². The molecule has 0 aliphatic carbocycles. The third-order valence-corrected chi connectivity index (χ3v) is 2.53. The summed E-state index contributed by atoms with van der Waals surface area (Å²) in [6, 6.07) is 0. The maximum absolute atomic E-state index is 2.33. The molecule has 0 bridgehead atoms. The molecule has 0 saturated heterocycles. The Kier molecular flexibility index (Phi) is 5.07. The summed E-state index contributed by atoms with van der Waals surface area (Å²) in [6.45, 7) is 7.70. The standard InChI is InChI=1S/C10H19N2.ClH/c1-5-6-7-12-8-9(2)11(4)10(12)3;/h8H,5-7H2,1-4H3;1H/q+1;/p-1. The fraction of sp³-hybridized carbons (Fsp3) is 0.700. The lowest BCUT2D eigenvalue weighted by atomic mass is 10.3. The molecular weight excluding hydrogens is 184 g/mol. The molecular formula is C10H19ClN2. The van der Waals surface area contributed by atoms with Gasteiger partial charge in [0.25, 0.3) is 5.82 Å². The molecule has 0 amide bonds. The molecule has 0 saturated carbocycles. The molecule has 76 valence electrons. The van der Waals surface area contributed by atoms with Crippen LogP contribution in [0.4, 0.5) is 0 Å². The Labute approximate surface area is 87.0 Å². The van der Waals surface area contributed by atoms with Gasteiger partial charge in [-0.15, -0.1) is 0 Å². The molecule has 1 aromatic heterocycles. The number of hydrogen-bond acceptors (Lipinski definition) is 0. The maximum Gasteiger partial charge on any atom is 0.253 e. The van der Waals surface area contributed by atoms with Gasteiger partial charge in [0.2, 0.25) is 0 Å². The fourth-order valence-electron chi connectivity index (χ4n) is 1.41. The van der Waals surface area contributed by atoms with Gasteiger partial charge in [-0.25, -0.2) is 9.13 Å². The van der Waals surface area contributed by atoms with Crippen LogP contribution in [0.15, 0.2) is 6.20 Å². The van der Waals surface area contributed by atoms with Crippen LogP contribution in [0, 0.1) is 13.8 Å². The van der Waals surface area contributed by atoms with Crippen LogP contribution in [-0.4, -0.2) is 4.57 Å². The SMILES string of the molecule is CCCCn1cc(C)[n+](C)c1C.[Cl-]. The van der Waals surface area contributed by atoms with E-state index in [4.69, 9.17) is 0 Å². The third kappa shape index (κ3) is 2.73. The first-order valence-electron chi connectivity index (χ1n) is 4.69. The summed E-state index contributed by atoms with van der Waals surface area (Å²) in [6.07, 6.45) is 4.76. The van der Waals surface area contributed by atoms with Crippen molar-refractivity contribution in [2.45, 2.75) is 40.2 Å². The van der Waals surface area contributed by atoms with Gasteiger partial charge >= 0.3 is 0 Å². The van der Waals surface area contributed by atoms with Crippen LogP contribution in [0.5, 0.6) is 0 Å². The molecule has 1 rings (SSSR count). The number of unbranched alkanes of at least 4 members (excludes halogenated alkanes) is 1. The van der Waals surface area contributed by atoms with Crippen LogP contribution < -0.4 is 17.0 Å². The minimum absolute atomic E-state index is 0. The second-order valence-corrected chi connectivity index (χ2v) is 3.42. The molecule has 0 unspecified atom stereocenters. The van der Waals surface area contributed by atoms with Crippen molar-refractivity contribution in [2.75, 3.05) is 0 Å². The van der Waals surface area contributed by atoms with E-state index in [1.165, 1.54) is 24.4 Å². The highest BCUT2D eigenvalue weighted by Gasteiger charge is 2.11. The van der Waals surface area contributed by atoms with Gasteiger partial charge in [-0.3, -0.25) is 0 Å². The molecule has 2 nitrogen and oxygen atoms in total. The summed E-state index contributed by atoms with van der Waals surface area (Å²) in [5.74, 6) is 1.35. The summed E-state index contributed by atoms with van der Waals surface area (Å²) in [7, 11) is 2.12. The van der Waals surface area contributed by atoms with Gasteiger partial charge in [0.05, 0.1) is 13.6 Å². The van der Waals surface area contributed by atoms with Crippen LogP contribution in [0.3, 0.4) is 0 Å². The van der Waals surface area contributed by atoms with E-state index in [2.05, 4.69) is 43.1 Å². The van der Waals surface area contributed by atoms with Crippen LogP contribution >= 0.6 is 0 Å². The number of aryl methyl sites for hydroxylation is 2. The van der Waals surface area contributed by atoms with Gasteiger partial charge < -0.3 is 12.4 Å². The van der Waals surface area contributed by atoms with Gasteiger partial charge in [-0.1, -0.05) is 13.3 Å². The summed E-state index contributed by atoms with van der Waals surface area (Å²) < 4.78 is 4.56. The van der Waals surface area contributed by atoms with Gasteiger partial charge in [-0.05, 0) is 6.42 Å². The van der Waals surface area contributed by atoms with Crippen molar-refractivity contribution in [3.8, 4) is 0 Å². The van der Waals surface area contributed by atoms with Gasteiger partial charge in [-0.2, -0.15) is 0 Å². The molecule has 0 aliphatic heterocycles. The fourth-order valence-corrected chi connectivity index (χ4v) is 1.41. The highest BCUT2D eigenvalue weighted by Crippen LogP contribution is 2.00. The van der Waals surface area contributed by atoms with Gasteiger partial charge in [0.15, 0.2) is 0 Å². The lowest BCUT2D eigenvalue weighted by molar-refractivity contribution is -0.683. The van der Waals surface area contributed by atoms with Crippen LogP contribution in [-0.2, 0) is 13.6 Å². The summed E-state index contributed by atoms with van der Waals surface area (Å²) >= 11 is 0. The number of imidazole rings is 1. The van der Waals surface area contributed by atoms with Crippen molar-refractivity contribution >= 4 is 0 Å². The molecule has 0 atom stereocenters. The molecule has 0 N–H and O–H groups in total. The van der Waals surface area contributed by atoms with E-state index in [9.17, 15) is 0 Å². The van der Waals surface area contributed by atoms with E-state index >= 15 is 0 Å². The first-order valence-corrected chi connectivity index (χ1v) is 4.69. The first-order chi connectivity index (χ1) is 5.66. The van der Waals surface area contributed by atoms with Crippen molar-refractivity contribution in [3.05, 3.63) is 17.7 Å². The number of hydrogen-bond donors (Lipinski definition) is 0. The Morgan fingerprint density at radius 1 is 1.38 bits per heavy atom. The Hall–Kier alpha value is -0.500. The van der Waals surface area contributed by atoms with Gasteiger partial charge in [0.1, 0.15) is 11.9 Å². The Balaban J connectivity index is 0.00000144. The van der Waals surface area contributed by atoms with Crippen molar-refractivity contribution in [3.63, 3.8) is 0 Å². The van der Waals surface area contributed by atoms with E-state index in [0.717, 1.165) is 6.54 Å². The van der Waals surface area contributed by atoms with E-state index in [-0.39, 0.29) is 12.4 Å². The molecule has 1 heterocycles. The number of nitrogens with zero attached hydrogens (tertiary/aromatic N) is 2. The average Bonchev–Trinajstić information content (AvgIpc) is 2.30. The lowest BCUT2D eigenvalue weighted by Gasteiger charge is -1.95.